The zero-order chi connectivity index (χ0) is 19.8. The molecule has 0 saturated carbocycles. The molecule has 1 heterocycles. The van der Waals surface area contributed by atoms with Crippen LogP contribution in [0.25, 0.3) is 10.9 Å². The lowest BCUT2D eigenvalue weighted by molar-refractivity contribution is 0.476. The molecular formula is C24H28N2O2. The van der Waals surface area contributed by atoms with Gasteiger partial charge in [-0.1, -0.05) is 75.1 Å². The summed E-state index contributed by atoms with van der Waals surface area (Å²) in [6, 6.07) is 17.4. The molecule has 0 spiro atoms. The average Bonchev–Trinajstić information content (AvgIpc) is 2.73. The summed E-state index contributed by atoms with van der Waals surface area (Å²) < 4.78 is 1.78. The number of fused-ring (bicyclic) bond motifs is 1. The third kappa shape index (κ3) is 4.69. The lowest BCUT2D eigenvalue weighted by Crippen LogP contribution is -2.24. The van der Waals surface area contributed by atoms with Gasteiger partial charge in [0.15, 0.2) is 0 Å². The quantitative estimate of drug-likeness (QED) is 0.407. The number of para-hydroxylation sites is 1. The van der Waals surface area contributed by atoms with Crippen molar-refractivity contribution in [3.63, 3.8) is 0 Å². The highest BCUT2D eigenvalue weighted by atomic mass is 16.3. The van der Waals surface area contributed by atoms with Crippen molar-refractivity contribution in [3.8, 4) is 5.75 Å². The van der Waals surface area contributed by atoms with Crippen molar-refractivity contribution in [2.24, 2.45) is 4.99 Å². The Balaban J connectivity index is 1.90. The van der Waals surface area contributed by atoms with Crippen LogP contribution in [0.4, 0.5) is 0 Å². The number of rotatable bonds is 9. The first kappa shape index (κ1) is 19.9. The van der Waals surface area contributed by atoms with E-state index < -0.39 is 0 Å². The fourth-order valence-electron chi connectivity index (χ4n) is 3.45. The molecule has 146 valence electrons. The van der Waals surface area contributed by atoms with E-state index in [1.54, 1.807) is 4.57 Å². The summed E-state index contributed by atoms with van der Waals surface area (Å²) in [6.07, 6.45) is 7.19. The molecule has 0 atom stereocenters. The second-order valence-electron chi connectivity index (χ2n) is 7.11. The normalized spacial score (nSPS) is 11.5. The highest BCUT2D eigenvalue weighted by Gasteiger charge is 2.14. The summed E-state index contributed by atoms with van der Waals surface area (Å²) in [4.78, 5) is 17.5. The second kappa shape index (κ2) is 9.88. The maximum atomic E-state index is 13.1. The Morgan fingerprint density at radius 1 is 0.964 bits per heavy atom. The SMILES string of the molecule is CCCCCCCn1c(=O)c(C=NCc2ccccc2)c(O)c2ccccc21. The number of unbranched alkanes of at least 4 members (excludes halogenated alkanes) is 4. The molecule has 4 heteroatoms. The first-order valence-electron chi connectivity index (χ1n) is 10.1. The van der Waals surface area contributed by atoms with Crippen molar-refractivity contribution in [1.82, 2.24) is 4.57 Å². The Morgan fingerprint density at radius 3 is 2.46 bits per heavy atom. The van der Waals surface area contributed by atoms with E-state index in [1.165, 1.54) is 25.5 Å². The van der Waals surface area contributed by atoms with Crippen LogP contribution in [0.1, 0.15) is 50.2 Å². The fourth-order valence-corrected chi connectivity index (χ4v) is 3.45. The van der Waals surface area contributed by atoms with Crippen molar-refractivity contribution in [2.75, 3.05) is 0 Å². The van der Waals surface area contributed by atoms with Crippen LogP contribution < -0.4 is 5.56 Å². The van der Waals surface area contributed by atoms with Crippen molar-refractivity contribution < 1.29 is 5.11 Å². The minimum Gasteiger partial charge on any atom is -0.506 e. The van der Waals surface area contributed by atoms with E-state index >= 15 is 0 Å². The van der Waals surface area contributed by atoms with Gasteiger partial charge in [-0.15, -0.1) is 0 Å². The van der Waals surface area contributed by atoms with Crippen molar-refractivity contribution >= 4 is 17.1 Å². The van der Waals surface area contributed by atoms with Gasteiger partial charge in [0.2, 0.25) is 0 Å². The molecule has 0 aliphatic carbocycles. The maximum absolute atomic E-state index is 13.1. The number of aryl methyl sites for hydroxylation is 1. The van der Waals surface area contributed by atoms with E-state index in [4.69, 9.17) is 0 Å². The molecule has 4 nitrogen and oxygen atoms in total. The molecule has 0 saturated heterocycles. The zero-order valence-electron chi connectivity index (χ0n) is 16.5. The summed E-state index contributed by atoms with van der Waals surface area (Å²) >= 11 is 0. The molecule has 0 unspecified atom stereocenters. The zero-order valence-corrected chi connectivity index (χ0v) is 16.5. The fraction of sp³-hybridized carbons (Fsp3) is 0.333. The number of aliphatic imine (C=N–C) groups is 1. The van der Waals surface area contributed by atoms with E-state index in [-0.39, 0.29) is 16.9 Å². The minimum atomic E-state index is -0.177. The number of hydrogen-bond donors (Lipinski definition) is 1. The lowest BCUT2D eigenvalue weighted by Gasteiger charge is -2.13. The van der Waals surface area contributed by atoms with Gasteiger partial charge in [-0.25, -0.2) is 0 Å². The standard InChI is InChI=1S/C24H28N2O2/c1-2-3-4-5-11-16-26-22-15-10-9-14-20(22)23(27)21(24(26)28)18-25-17-19-12-7-6-8-13-19/h6-10,12-15,18,27H,2-5,11,16-17H2,1H3. The molecule has 1 N–H and O–H groups in total. The van der Waals surface area contributed by atoms with Gasteiger partial charge in [0.05, 0.1) is 12.1 Å². The number of benzene rings is 2. The molecular weight excluding hydrogens is 348 g/mol. The number of aromatic hydroxyl groups is 1. The van der Waals surface area contributed by atoms with Crippen LogP contribution in [0.3, 0.4) is 0 Å². The molecule has 3 rings (SSSR count). The summed E-state index contributed by atoms with van der Waals surface area (Å²) in [5.41, 5.74) is 1.93. The predicted molar refractivity (Wildman–Crippen MR) is 116 cm³/mol. The van der Waals surface area contributed by atoms with Crippen molar-refractivity contribution in [2.45, 2.75) is 52.1 Å². The van der Waals surface area contributed by atoms with Crippen LogP contribution in [-0.2, 0) is 13.1 Å². The molecule has 0 radical (unpaired) electrons. The van der Waals surface area contributed by atoms with Crippen LogP contribution in [0, 0.1) is 0 Å². The van der Waals surface area contributed by atoms with E-state index in [9.17, 15) is 9.90 Å². The Morgan fingerprint density at radius 2 is 1.68 bits per heavy atom. The van der Waals surface area contributed by atoms with Crippen LogP contribution in [-0.4, -0.2) is 15.9 Å². The maximum Gasteiger partial charge on any atom is 0.263 e. The number of pyridine rings is 1. The molecule has 0 amide bonds. The monoisotopic (exact) mass is 376 g/mol. The summed E-state index contributed by atoms with van der Waals surface area (Å²) in [7, 11) is 0. The Bertz CT molecular complexity index is 991. The molecule has 0 fully saturated rings. The average molecular weight is 377 g/mol. The minimum absolute atomic E-state index is 0.0136. The first-order chi connectivity index (χ1) is 13.7. The summed E-state index contributed by atoms with van der Waals surface area (Å²) in [6.45, 7) is 3.32. The highest BCUT2D eigenvalue weighted by Crippen LogP contribution is 2.25. The van der Waals surface area contributed by atoms with Gasteiger partial charge < -0.3 is 9.67 Å². The van der Waals surface area contributed by atoms with Crippen LogP contribution in [0.2, 0.25) is 0 Å². The van der Waals surface area contributed by atoms with Gasteiger partial charge in [0.25, 0.3) is 5.56 Å². The van der Waals surface area contributed by atoms with Crippen LogP contribution in [0.5, 0.6) is 5.75 Å². The van der Waals surface area contributed by atoms with Gasteiger partial charge in [-0.3, -0.25) is 9.79 Å². The topological polar surface area (TPSA) is 54.6 Å². The molecule has 28 heavy (non-hydrogen) atoms. The van der Waals surface area contributed by atoms with Gasteiger partial charge in [-0.05, 0) is 24.1 Å². The highest BCUT2D eigenvalue weighted by molar-refractivity contribution is 5.95. The third-order valence-corrected chi connectivity index (χ3v) is 5.00. The lowest BCUT2D eigenvalue weighted by atomic mass is 10.1. The van der Waals surface area contributed by atoms with Crippen molar-refractivity contribution in [3.05, 3.63) is 76.1 Å². The largest absolute Gasteiger partial charge is 0.506 e. The molecule has 0 bridgehead atoms. The number of aromatic nitrogens is 1. The smallest absolute Gasteiger partial charge is 0.263 e. The first-order valence-corrected chi connectivity index (χ1v) is 10.1. The van der Waals surface area contributed by atoms with Crippen LogP contribution >= 0.6 is 0 Å². The summed E-state index contributed by atoms with van der Waals surface area (Å²) in [5, 5.41) is 11.4. The Kier molecular flexibility index (Phi) is 7.01. The molecule has 3 aromatic rings. The second-order valence-corrected chi connectivity index (χ2v) is 7.11. The van der Waals surface area contributed by atoms with E-state index in [0.717, 1.165) is 23.9 Å². The molecule has 1 aromatic heterocycles. The van der Waals surface area contributed by atoms with E-state index in [2.05, 4.69) is 11.9 Å². The molecule has 2 aromatic carbocycles. The molecule has 0 aliphatic rings. The van der Waals surface area contributed by atoms with Crippen molar-refractivity contribution in [1.29, 1.82) is 0 Å². The Labute approximate surface area is 166 Å². The van der Waals surface area contributed by atoms with Gasteiger partial charge in [0.1, 0.15) is 11.3 Å². The van der Waals surface area contributed by atoms with Gasteiger partial charge >= 0.3 is 0 Å². The predicted octanol–water partition coefficient (Wildman–Crippen LogP) is 5.30. The van der Waals surface area contributed by atoms with Gasteiger partial charge in [0, 0.05) is 18.1 Å². The van der Waals surface area contributed by atoms with Gasteiger partial charge in [-0.2, -0.15) is 0 Å². The number of hydrogen-bond acceptors (Lipinski definition) is 3. The van der Waals surface area contributed by atoms with Crippen LogP contribution in [0.15, 0.2) is 64.4 Å². The van der Waals surface area contributed by atoms with E-state index in [0.29, 0.717) is 18.5 Å². The van der Waals surface area contributed by atoms with E-state index in [1.807, 2.05) is 54.6 Å². The summed E-state index contributed by atoms with van der Waals surface area (Å²) in [5.74, 6) is 0.0136. The third-order valence-electron chi connectivity index (χ3n) is 5.00. The Hall–Kier alpha value is -2.88. The molecule has 0 aliphatic heterocycles. The number of nitrogens with zero attached hydrogens (tertiary/aromatic N) is 2.